The summed E-state index contributed by atoms with van der Waals surface area (Å²) in [5.41, 5.74) is -1.03. The van der Waals surface area contributed by atoms with Gasteiger partial charge < -0.3 is 10.4 Å². The predicted octanol–water partition coefficient (Wildman–Crippen LogP) is 2.50. The van der Waals surface area contributed by atoms with Gasteiger partial charge in [0, 0.05) is 0 Å². The van der Waals surface area contributed by atoms with Gasteiger partial charge in [0.2, 0.25) is 0 Å². The summed E-state index contributed by atoms with van der Waals surface area (Å²) < 4.78 is 13.1. The van der Waals surface area contributed by atoms with Crippen LogP contribution in [0.15, 0.2) is 18.2 Å². The highest BCUT2D eigenvalue weighted by Gasteiger charge is 2.32. The minimum absolute atomic E-state index is 0.204. The number of rotatable bonds is 5. The maximum Gasteiger partial charge on any atom is 0.326 e. The monoisotopic (exact) mass is 324 g/mol. The standard InChI is InChI=1S/C15H17FN2O5/c16-10-6-7-11(12(8-10)18(22)23)14(19)17-13(15(20)21)9-4-2-1-3-5-9/h6-9,13H,1-5H2,(H,17,19)(H,20,21)/t13-/m0/s1. The van der Waals surface area contributed by atoms with E-state index in [0.29, 0.717) is 18.9 Å². The third-order valence-corrected chi connectivity index (χ3v) is 4.07. The summed E-state index contributed by atoms with van der Waals surface area (Å²) in [6, 6.07) is 1.46. The van der Waals surface area contributed by atoms with Crippen LogP contribution < -0.4 is 5.32 Å². The summed E-state index contributed by atoms with van der Waals surface area (Å²) in [6.45, 7) is 0. The zero-order valence-electron chi connectivity index (χ0n) is 12.3. The number of carboxylic acids is 1. The van der Waals surface area contributed by atoms with Gasteiger partial charge in [0.05, 0.1) is 11.0 Å². The lowest BCUT2D eigenvalue weighted by Gasteiger charge is -2.28. The van der Waals surface area contributed by atoms with Crippen LogP contribution >= 0.6 is 0 Å². The van der Waals surface area contributed by atoms with Crippen molar-refractivity contribution in [2.75, 3.05) is 0 Å². The first kappa shape index (κ1) is 16.9. The molecule has 0 aromatic heterocycles. The minimum atomic E-state index is -1.17. The number of amides is 1. The van der Waals surface area contributed by atoms with E-state index in [1.54, 1.807) is 0 Å². The molecule has 8 heteroatoms. The van der Waals surface area contributed by atoms with E-state index in [1.807, 2.05) is 0 Å². The minimum Gasteiger partial charge on any atom is -0.480 e. The van der Waals surface area contributed by atoms with Crippen molar-refractivity contribution in [3.8, 4) is 0 Å². The molecule has 2 N–H and O–H groups in total. The number of aliphatic carboxylic acids is 1. The Morgan fingerprint density at radius 2 is 1.96 bits per heavy atom. The van der Waals surface area contributed by atoms with Gasteiger partial charge in [0.25, 0.3) is 11.6 Å². The summed E-state index contributed by atoms with van der Waals surface area (Å²) in [4.78, 5) is 33.7. The zero-order chi connectivity index (χ0) is 17.0. The predicted molar refractivity (Wildman–Crippen MR) is 78.5 cm³/mol. The summed E-state index contributed by atoms with van der Waals surface area (Å²) in [5, 5.41) is 22.6. The molecular weight excluding hydrogens is 307 g/mol. The first-order valence-electron chi connectivity index (χ1n) is 7.37. The fraction of sp³-hybridized carbons (Fsp3) is 0.467. The Kier molecular flexibility index (Phi) is 5.25. The van der Waals surface area contributed by atoms with Crippen LogP contribution in [-0.4, -0.2) is 27.9 Å². The topological polar surface area (TPSA) is 110 Å². The van der Waals surface area contributed by atoms with Crippen LogP contribution in [0, 0.1) is 21.8 Å². The highest BCUT2D eigenvalue weighted by molar-refractivity contribution is 6.00. The lowest BCUT2D eigenvalue weighted by Crippen LogP contribution is -2.46. The molecule has 1 aliphatic carbocycles. The highest BCUT2D eigenvalue weighted by Crippen LogP contribution is 2.27. The molecule has 0 saturated heterocycles. The van der Waals surface area contributed by atoms with Crippen molar-refractivity contribution in [1.82, 2.24) is 5.32 Å². The third-order valence-electron chi connectivity index (χ3n) is 4.07. The number of nitro benzene ring substituents is 1. The van der Waals surface area contributed by atoms with Crippen molar-refractivity contribution in [3.05, 3.63) is 39.7 Å². The summed E-state index contributed by atoms with van der Waals surface area (Å²) >= 11 is 0. The molecule has 1 aromatic rings. The van der Waals surface area contributed by atoms with Crippen LogP contribution in [0.4, 0.5) is 10.1 Å². The van der Waals surface area contributed by atoms with E-state index >= 15 is 0 Å². The molecule has 0 aliphatic heterocycles. The van der Waals surface area contributed by atoms with Gasteiger partial charge in [0.15, 0.2) is 0 Å². The molecule has 7 nitrogen and oxygen atoms in total. The number of nitrogens with zero attached hydrogens (tertiary/aromatic N) is 1. The molecule has 1 aromatic carbocycles. The quantitative estimate of drug-likeness (QED) is 0.639. The van der Waals surface area contributed by atoms with E-state index in [4.69, 9.17) is 0 Å². The van der Waals surface area contributed by atoms with Crippen molar-refractivity contribution in [2.24, 2.45) is 5.92 Å². The second kappa shape index (κ2) is 7.17. The van der Waals surface area contributed by atoms with E-state index in [9.17, 15) is 29.2 Å². The van der Waals surface area contributed by atoms with Crippen LogP contribution in [0.25, 0.3) is 0 Å². The van der Waals surface area contributed by atoms with Crippen molar-refractivity contribution in [1.29, 1.82) is 0 Å². The Morgan fingerprint density at radius 3 is 2.52 bits per heavy atom. The largest absolute Gasteiger partial charge is 0.480 e. The SMILES string of the molecule is O=C(N[C@H](C(=O)O)C1CCCCC1)c1ccc(F)cc1[N+](=O)[O-]. The molecule has 2 rings (SSSR count). The highest BCUT2D eigenvalue weighted by atomic mass is 19.1. The van der Waals surface area contributed by atoms with Gasteiger partial charge in [-0.1, -0.05) is 19.3 Å². The van der Waals surface area contributed by atoms with Crippen LogP contribution in [0.1, 0.15) is 42.5 Å². The average molecular weight is 324 g/mol. The van der Waals surface area contributed by atoms with Crippen molar-refractivity contribution in [3.63, 3.8) is 0 Å². The molecule has 0 bridgehead atoms. The van der Waals surface area contributed by atoms with E-state index in [2.05, 4.69) is 5.32 Å². The Morgan fingerprint density at radius 1 is 1.30 bits per heavy atom. The number of benzene rings is 1. The summed E-state index contributed by atoms with van der Waals surface area (Å²) in [7, 11) is 0. The van der Waals surface area contributed by atoms with Crippen LogP contribution in [0.5, 0.6) is 0 Å². The Balaban J connectivity index is 2.22. The molecule has 1 saturated carbocycles. The number of halogens is 1. The number of nitrogens with one attached hydrogen (secondary N) is 1. The molecule has 1 aliphatic rings. The second-order valence-corrected chi connectivity index (χ2v) is 5.61. The fourth-order valence-electron chi connectivity index (χ4n) is 2.92. The van der Waals surface area contributed by atoms with Gasteiger partial charge in [-0.3, -0.25) is 14.9 Å². The van der Waals surface area contributed by atoms with E-state index in [0.717, 1.165) is 31.4 Å². The van der Waals surface area contributed by atoms with Gasteiger partial charge >= 0.3 is 5.97 Å². The zero-order valence-corrected chi connectivity index (χ0v) is 12.3. The lowest BCUT2D eigenvalue weighted by molar-refractivity contribution is -0.385. The number of hydrogen-bond donors (Lipinski definition) is 2. The summed E-state index contributed by atoms with van der Waals surface area (Å²) in [5.74, 6) is -3.09. The number of carbonyl (C=O) groups excluding carboxylic acids is 1. The molecule has 23 heavy (non-hydrogen) atoms. The molecule has 124 valence electrons. The first-order valence-corrected chi connectivity index (χ1v) is 7.37. The number of carbonyl (C=O) groups is 2. The van der Waals surface area contributed by atoms with Crippen LogP contribution in [0.3, 0.4) is 0 Å². The molecule has 1 atom stereocenters. The van der Waals surface area contributed by atoms with Crippen molar-refractivity contribution >= 4 is 17.6 Å². The first-order chi connectivity index (χ1) is 10.9. The van der Waals surface area contributed by atoms with Crippen molar-refractivity contribution < 1.29 is 24.0 Å². The summed E-state index contributed by atoms with van der Waals surface area (Å²) in [6.07, 6.45) is 4.17. The van der Waals surface area contributed by atoms with Gasteiger partial charge in [-0.25, -0.2) is 9.18 Å². The Bertz CT molecular complexity index is 628. The maximum atomic E-state index is 13.1. The van der Waals surface area contributed by atoms with Crippen LogP contribution in [-0.2, 0) is 4.79 Å². The number of hydrogen-bond acceptors (Lipinski definition) is 4. The average Bonchev–Trinajstić information content (AvgIpc) is 2.52. The normalized spacial score (nSPS) is 16.6. The smallest absolute Gasteiger partial charge is 0.326 e. The van der Waals surface area contributed by atoms with Gasteiger partial charge in [0.1, 0.15) is 17.4 Å². The van der Waals surface area contributed by atoms with Crippen molar-refractivity contribution in [2.45, 2.75) is 38.1 Å². The maximum absolute atomic E-state index is 13.1. The van der Waals surface area contributed by atoms with Gasteiger partial charge in [-0.15, -0.1) is 0 Å². The number of nitro groups is 1. The van der Waals surface area contributed by atoms with Crippen LogP contribution in [0.2, 0.25) is 0 Å². The molecular formula is C15H17FN2O5. The second-order valence-electron chi connectivity index (χ2n) is 5.61. The Labute approximate surface area is 131 Å². The van der Waals surface area contributed by atoms with Gasteiger partial charge in [-0.05, 0) is 30.9 Å². The van der Waals surface area contributed by atoms with Gasteiger partial charge in [-0.2, -0.15) is 0 Å². The molecule has 0 heterocycles. The third kappa shape index (κ3) is 4.02. The van der Waals surface area contributed by atoms with E-state index in [1.165, 1.54) is 0 Å². The molecule has 0 radical (unpaired) electrons. The molecule has 1 fully saturated rings. The molecule has 1 amide bonds. The molecule has 0 spiro atoms. The van der Waals surface area contributed by atoms with E-state index < -0.39 is 34.3 Å². The number of carboxylic acid groups (broad SMARTS) is 1. The fourth-order valence-corrected chi connectivity index (χ4v) is 2.92. The Hall–Kier alpha value is -2.51. The lowest BCUT2D eigenvalue weighted by atomic mass is 9.84. The van der Waals surface area contributed by atoms with E-state index in [-0.39, 0.29) is 11.5 Å². The molecule has 0 unspecified atom stereocenters.